The molecule has 0 aliphatic carbocycles. The highest BCUT2D eigenvalue weighted by Gasteiger charge is 2.32. The minimum atomic E-state index is 0.968. The van der Waals surface area contributed by atoms with Crippen LogP contribution in [0.1, 0.15) is 82.8 Å². The maximum Gasteiger partial charge on any atom is 0.137 e. The smallest absolute Gasteiger partial charge is 0.137 e. The fraction of sp³-hybridized carbons (Fsp3) is 0.319. The highest BCUT2D eigenvalue weighted by atomic mass is 79.9. The molecule has 256 valence electrons. The highest BCUT2D eigenvalue weighted by molar-refractivity contribution is 9.11. The lowest BCUT2D eigenvalue weighted by molar-refractivity contribution is 0.356. The van der Waals surface area contributed by atoms with Crippen molar-refractivity contribution in [2.45, 2.75) is 84.5 Å². The van der Waals surface area contributed by atoms with Crippen molar-refractivity contribution in [3.05, 3.63) is 129 Å². The van der Waals surface area contributed by atoms with E-state index in [0.29, 0.717) is 0 Å². The van der Waals surface area contributed by atoms with Crippen LogP contribution in [0, 0.1) is 0 Å². The van der Waals surface area contributed by atoms with E-state index in [1.54, 1.807) is 0 Å². The van der Waals surface area contributed by atoms with Crippen LogP contribution in [-0.2, 0) is 12.8 Å². The minimum absolute atomic E-state index is 0.968. The fourth-order valence-electron chi connectivity index (χ4n) is 8.50. The van der Waals surface area contributed by atoms with Crippen LogP contribution in [0.2, 0.25) is 0 Å². The van der Waals surface area contributed by atoms with Gasteiger partial charge in [-0.2, -0.15) is 0 Å². The van der Waals surface area contributed by atoms with Crippen LogP contribution in [0.3, 0.4) is 0 Å². The molecular weight excluding hydrogens is 738 g/mol. The zero-order valence-electron chi connectivity index (χ0n) is 29.8. The number of aryl methyl sites for hydroxylation is 2. The summed E-state index contributed by atoms with van der Waals surface area (Å²) in [4.78, 5) is 0. The van der Waals surface area contributed by atoms with E-state index in [1.807, 2.05) is 0 Å². The van der Waals surface area contributed by atoms with Crippen molar-refractivity contribution in [2.24, 2.45) is 0 Å². The third-order valence-electron chi connectivity index (χ3n) is 11.1. The molecule has 0 radical (unpaired) electrons. The fourth-order valence-corrected chi connectivity index (χ4v) is 9.77. The highest BCUT2D eigenvalue weighted by Crippen LogP contribution is 2.46. The molecule has 0 saturated heterocycles. The Morgan fingerprint density at radius 2 is 1.10 bits per heavy atom. The number of hydrogen-bond acceptors (Lipinski definition) is 0. The van der Waals surface area contributed by atoms with Gasteiger partial charge in [-0.15, -0.1) is 0 Å². The summed E-state index contributed by atoms with van der Waals surface area (Å²) in [6.07, 6.45) is 13.6. The van der Waals surface area contributed by atoms with Crippen LogP contribution in [0.5, 0.6) is 0 Å². The van der Waals surface area contributed by atoms with Crippen LogP contribution in [0.25, 0.3) is 43.1 Å². The molecule has 0 N–H and O–H groups in total. The molecule has 0 bridgehead atoms. The van der Waals surface area contributed by atoms with Crippen LogP contribution in [-0.4, -0.2) is 13.1 Å². The van der Waals surface area contributed by atoms with E-state index in [0.717, 1.165) is 28.2 Å². The molecule has 7 aromatic rings. The van der Waals surface area contributed by atoms with Gasteiger partial charge >= 0.3 is 0 Å². The first kappa shape index (κ1) is 35.2. The second-order valence-electron chi connectivity index (χ2n) is 14.3. The van der Waals surface area contributed by atoms with Crippen LogP contribution >= 0.6 is 31.9 Å². The molecule has 0 spiro atoms. The van der Waals surface area contributed by atoms with E-state index in [-0.39, 0.29) is 0 Å². The Morgan fingerprint density at radius 3 is 1.78 bits per heavy atom. The Hall–Kier alpha value is -3.24. The summed E-state index contributed by atoms with van der Waals surface area (Å²) in [5.41, 5.74) is 5.71. The number of quaternary nitrogens is 1. The van der Waals surface area contributed by atoms with Gasteiger partial charge in [-0.3, -0.25) is 4.48 Å². The van der Waals surface area contributed by atoms with Gasteiger partial charge in [0.15, 0.2) is 0 Å². The average Bonchev–Trinajstić information content (AvgIpc) is 3.15. The molecule has 50 heavy (non-hydrogen) atoms. The van der Waals surface area contributed by atoms with Gasteiger partial charge in [0.2, 0.25) is 0 Å². The standard InChI is InChI=1S/C47H50Br2N/c1-3-5-7-12-31-50(32-13-8-6-4-2,38-21-10-9-11-22-38)39-28-25-34(26-29-39)17-14-20-37-33-36-19-16-23-40-44(36)46(47(37)49)41-24-15-18-35-27-30-42(48)45(40)43(35)41/h9-11,15-16,18-19,21-30,33H,3-8,12-14,17,20,31-32H2,1-2H3/q+1. The Bertz CT molecular complexity index is 2170. The number of hydrogen-bond donors (Lipinski definition) is 0. The molecule has 0 fully saturated rings. The number of unbranched alkanes of at least 4 members (excludes halogenated alkanes) is 6. The monoisotopic (exact) mass is 786 g/mol. The van der Waals surface area contributed by atoms with Crippen LogP contribution in [0.4, 0.5) is 11.4 Å². The molecule has 0 unspecified atom stereocenters. The maximum atomic E-state index is 4.15. The lowest BCUT2D eigenvalue weighted by Gasteiger charge is -2.38. The summed E-state index contributed by atoms with van der Waals surface area (Å²) in [5, 5.41) is 10.6. The molecule has 0 aliphatic rings. The van der Waals surface area contributed by atoms with Gasteiger partial charge in [0, 0.05) is 19.7 Å². The van der Waals surface area contributed by atoms with Gasteiger partial charge in [0.25, 0.3) is 0 Å². The van der Waals surface area contributed by atoms with E-state index in [1.165, 1.54) is 135 Å². The van der Waals surface area contributed by atoms with E-state index in [4.69, 9.17) is 0 Å². The zero-order valence-corrected chi connectivity index (χ0v) is 33.0. The van der Waals surface area contributed by atoms with Crippen molar-refractivity contribution in [3.63, 3.8) is 0 Å². The normalized spacial score (nSPS) is 12.2. The molecule has 0 saturated carbocycles. The van der Waals surface area contributed by atoms with Crippen molar-refractivity contribution in [1.82, 2.24) is 4.48 Å². The first-order chi connectivity index (χ1) is 24.6. The lowest BCUT2D eigenvalue weighted by atomic mass is 9.88. The SMILES string of the molecule is CCCCCC[N+](CCCCCC)(c1ccccc1)c1ccc(CCCc2cc3cccc4c5c(Br)ccc6cccc(c(c2Br)c34)c65)cc1. The predicted octanol–water partition coefficient (Wildman–Crippen LogP) is 15.2. The molecule has 0 atom stereocenters. The molecule has 0 aliphatic heterocycles. The summed E-state index contributed by atoms with van der Waals surface area (Å²) in [6.45, 7) is 6.97. The number of fused-ring (bicyclic) bond motifs is 2. The Morgan fingerprint density at radius 1 is 0.480 bits per heavy atom. The average molecular weight is 789 g/mol. The largest absolute Gasteiger partial charge is 0.259 e. The van der Waals surface area contributed by atoms with Crippen molar-refractivity contribution in [1.29, 1.82) is 0 Å². The first-order valence-electron chi connectivity index (χ1n) is 19.0. The summed E-state index contributed by atoms with van der Waals surface area (Å²) in [7, 11) is 0. The Kier molecular flexibility index (Phi) is 11.2. The first-order valence-corrected chi connectivity index (χ1v) is 20.6. The third kappa shape index (κ3) is 6.86. The Balaban J connectivity index is 1.16. The second-order valence-corrected chi connectivity index (χ2v) is 16.0. The third-order valence-corrected chi connectivity index (χ3v) is 12.7. The molecule has 0 amide bonds. The van der Waals surface area contributed by atoms with Gasteiger partial charge in [-0.25, -0.2) is 0 Å². The van der Waals surface area contributed by atoms with Gasteiger partial charge in [0.1, 0.15) is 11.4 Å². The van der Waals surface area contributed by atoms with E-state index in [2.05, 4.69) is 155 Å². The quantitative estimate of drug-likeness (QED) is 0.0396. The molecule has 7 aromatic carbocycles. The number of rotatable bonds is 16. The van der Waals surface area contributed by atoms with Crippen LogP contribution in [0.15, 0.2) is 118 Å². The van der Waals surface area contributed by atoms with Crippen LogP contribution < -0.4 is 4.48 Å². The van der Waals surface area contributed by atoms with Crippen molar-refractivity contribution < 1.29 is 0 Å². The number of benzene rings is 7. The summed E-state index contributed by atoms with van der Waals surface area (Å²) < 4.78 is 3.38. The van der Waals surface area contributed by atoms with Crippen molar-refractivity contribution in [3.8, 4) is 0 Å². The summed E-state index contributed by atoms with van der Waals surface area (Å²) in [5.74, 6) is 0. The van der Waals surface area contributed by atoms with Gasteiger partial charge in [-0.1, -0.05) is 128 Å². The minimum Gasteiger partial charge on any atom is -0.259 e. The summed E-state index contributed by atoms with van der Waals surface area (Å²) in [6, 6.07) is 41.5. The molecule has 0 heterocycles. The molecule has 1 nitrogen and oxygen atoms in total. The molecule has 3 heteroatoms. The lowest BCUT2D eigenvalue weighted by Crippen LogP contribution is -2.46. The van der Waals surface area contributed by atoms with Gasteiger partial charge in [0.05, 0.1) is 13.1 Å². The predicted molar refractivity (Wildman–Crippen MR) is 227 cm³/mol. The molecule has 0 aromatic heterocycles. The van der Waals surface area contributed by atoms with Crippen molar-refractivity contribution >= 4 is 86.3 Å². The van der Waals surface area contributed by atoms with E-state index >= 15 is 0 Å². The van der Waals surface area contributed by atoms with Gasteiger partial charge in [-0.05, 0) is 141 Å². The Labute approximate surface area is 315 Å². The maximum absolute atomic E-state index is 4.15. The van der Waals surface area contributed by atoms with Gasteiger partial charge < -0.3 is 0 Å². The summed E-state index contributed by atoms with van der Waals surface area (Å²) >= 11 is 8.05. The second kappa shape index (κ2) is 16.0. The molecule has 7 rings (SSSR count). The van der Waals surface area contributed by atoms with E-state index in [9.17, 15) is 0 Å². The zero-order chi connectivity index (χ0) is 34.5. The number of halogens is 2. The number of nitrogens with zero attached hydrogens (tertiary/aromatic N) is 1. The van der Waals surface area contributed by atoms with Crippen molar-refractivity contribution in [2.75, 3.05) is 13.1 Å². The van der Waals surface area contributed by atoms with E-state index < -0.39 is 0 Å². The molecular formula is C47H50Br2N+. The topological polar surface area (TPSA) is 0 Å². The number of para-hydroxylation sites is 1.